The number of hydrogen-bond donors (Lipinski definition) is 1. The Hall–Kier alpha value is -3.05. The van der Waals surface area contributed by atoms with E-state index in [1.54, 1.807) is 30.5 Å². The van der Waals surface area contributed by atoms with Gasteiger partial charge in [-0.15, -0.1) is 0 Å². The highest BCUT2D eigenvalue weighted by Crippen LogP contribution is 2.33. The first-order valence-corrected chi connectivity index (χ1v) is 7.89. The number of H-pyrrole nitrogens is 1. The monoisotopic (exact) mass is 351 g/mol. The number of halogens is 2. The van der Waals surface area contributed by atoms with Gasteiger partial charge in [-0.1, -0.05) is 23.7 Å². The average molecular weight is 352 g/mol. The topological polar surface area (TPSA) is 58.6 Å². The summed E-state index contributed by atoms with van der Waals surface area (Å²) in [6.45, 7) is 0. The zero-order chi connectivity index (χ0) is 17.4. The fourth-order valence-corrected chi connectivity index (χ4v) is 2.91. The van der Waals surface area contributed by atoms with E-state index in [0.717, 1.165) is 11.1 Å². The molecule has 2 aromatic heterocycles. The Kier molecular flexibility index (Phi) is 3.78. The first-order valence-electron chi connectivity index (χ1n) is 7.52. The minimum atomic E-state index is -0.403. The third-order valence-electron chi connectivity index (χ3n) is 3.88. The normalized spacial score (nSPS) is 11.0. The number of rotatable bonds is 2. The van der Waals surface area contributed by atoms with Crippen LogP contribution in [-0.2, 0) is 0 Å². The lowest BCUT2D eigenvalue weighted by Gasteiger charge is -2.11. The third-order valence-corrected chi connectivity index (χ3v) is 4.11. The summed E-state index contributed by atoms with van der Waals surface area (Å²) in [6.07, 6.45) is 2.84. The standard InChI is InChI=1S/C19H11ClFN3O/c20-12-4-5-15(21)14(9-12)19-13(2-1-7-22-19)11-3-6-16-17(8-11)24-18(25)10-23-16/h1-10H,(H,24,25). The Morgan fingerprint density at radius 3 is 2.76 bits per heavy atom. The maximum atomic E-state index is 14.3. The zero-order valence-electron chi connectivity index (χ0n) is 12.8. The van der Waals surface area contributed by atoms with Gasteiger partial charge in [0.25, 0.3) is 5.56 Å². The van der Waals surface area contributed by atoms with Gasteiger partial charge in [-0.3, -0.25) is 9.78 Å². The van der Waals surface area contributed by atoms with Crippen LogP contribution in [0.15, 0.2) is 65.7 Å². The van der Waals surface area contributed by atoms with Gasteiger partial charge in [-0.2, -0.15) is 0 Å². The molecule has 25 heavy (non-hydrogen) atoms. The molecule has 0 fully saturated rings. The molecule has 0 saturated heterocycles. The van der Waals surface area contributed by atoms with Crippen molar-refractivity contribution in [3.05, 3.63) is 82.1 Å². The van der Waals surface area contributed by atoms with E-state index >= 15 is 0 Å². The van der Waals surface area contributed by atoms with Crippen LogP contribution in [0, 0.1) is 5.82 Å². The molecule has 0 spiro atoms. The molecule has 122 valence electrons. The van der Waals surface area contributed by atoms with E-state index in [-0.39, 0.29) is 5.56 Å². The molecule has 0 radical (unpaired) electrons. The van der Waals surface area contributed by atoms with Gasteiger partial charge >= 0.3 is 0 Å². The Morgan fingerprint density at radius 2 is 1.88 bits per heavy atom. The second-order valence-corrected chi connectivity index (χ2v) is 5.94. The predicted molar refractivity (Wildman–Crippen MR) is 96.0 cm³/mol. The molecule has 0 aliphatic rings. The van der Waals surface area contributed by atoms with Crippen molar-refractivity contribution in [1.29, 1.82) is 0 Å². The molecular formula is C19H11ClFN3O. The molecule has 4 aromatic rings. The van der Waals surface area contributed by atoms with E-state index in [4.69, 9.17) is 11.6 Å². The average Bonchev–Trinajstić information content (AvgIpc) is 2.63. The van der Waals surface area contributed by atoms with Gasteiger partial charge in [0.1, 0.15) is 5.82 Å². The van der Waals surface area contributed by atoms with Gasteiger partial charge in [-0.05, 0) is 42.0 Å². The smallest absolute Gasteiger partial charge is 0.266 e. The Bertz CT molecular complexity index is 1160. The summed E-state index contributed by atoms with van der Waals surface area (Å²) in [6, 6.07) is 13.4. The maximum absolute atomic E-state index is 14.3. The predicted octanol–water partition coefficient (Wildman–Crippen LogP) is 4.44. The van der Waals surface area contributed by atoms with Crippen LogP contribution in [0.5, 0.6) is 0 Å². The lowest BCUT2D eigenvalue weighted by atomic mass is 9.98. The molecule has 0 unspecified atom stereocenters. The van der Waals surface area contributed by atoms with Crippen LogP contribution >= 0.6 is 11.6 Å². The van der Waals surface area contributed by atoms with E-state index < -0.39 is 5.82 Å². The lowest BCUT2D eigenvalue weighted by Crippen LogP contribution is -2.04. The molecule has 1 N–H and O–H groups in total. The number of hydrogen-bond acceptors (Lipinski definition) is 3. The van der Waals surface area contributed by atoms with Gasteiger partial charge in [0.15, 0.2) is 0 Å². The molecule has 0 aliphatic heterocycles. The molecule has 0 saturated carbocycles. The van der Waals surface area contributed by atoms with Crippen molar-refractivity contribution in [3.63, 3.8) is 0 Å². The van der Waals surface area contributed by atoms with Crippen molar-refractivity contribution in [3.8, 4) is 22.4 Å². The van der Waals surface area contributed by atoms with Crippen molar-refractivity contribution in [2.45, 2.75) is 0 Å². The van der Waals surface area contributed by atoms with Crippen LogP contribution in [-0.4, -0.2) is 15.0 Å². The molecule has 2 heterocycles. The van der Waals surface area contributed by atoms with Crippen LogP contribution in [0.2, 0.25) is 5.02 Å². The third kappa shape index (κ3) is 2.90. The fourth-order valence-electron chi connectivity index (χ4n) is 2.74. The summed E-state index contributed by atoms with van der Waals surface area (Å²) in [5.41, 5.74) is 3.32. The highest BCUT2D eigenvalue weighted by atomic mass is 35.5. The van der Waals surface area contributed by atoms with Crippen LogP contribution < -0.4 is 5.56 Å². The van der Waals surface area contributed by atoms with Gasteiger partial charge in [0.2, 0.25) is 0 Å². The van der Waals surface area contributed by atoms with E-state index in [0.29, 0.717) is 27.3 Å². The highest BCUT2D eigenvalue weighted by molar-refractivity contribution is 6.30. The first kappa shape index (κ1) is 15.5. The molecule has 0 bridgehead atoms. The summed E-state index contributed by atoms with van der Waals surface area (Å²) >= 11 is 6.02. The number of pyridine rings is 1. The fraction of sp³-hybridized carbons (Fsp3) is 0. The molecule has 0 atom stereocenters. The van der Waals surface area contributed by atoms with Crippen molar-refractivity contribution in [1.82, 2.24) is 15.0 Å². The summed E-state index contributed by atoms with van der Waals surface area (Å²) in [7, 11) is 0. The van der Waals surface area contributed by atoms with Crippen LogP contribution in [0.25, 0.3) is 33.4 Å². The zero-order valence-corrected chi connectivity index (χ0v) is 13.6. The van der Waals surface area contributed by atoms with E-state index in [1.807, 2.05) is 12.1 Å². The SMILES string of the molecule is O=c1cnc2ccc(-c3cccnc3-c3cc(Cl)ccc3F)cc2[nH]1. The van der Waals surface area contributed by atoms with Crippen LogP contribution in [0.1, 0.15) is 0 Å². The van der Waals surface area contributed by atoms with Crippen molar-refractivity contribution < 1.29 is 4.39 Å². The summed E-state index contributed by atoms with van der Waals surface area (Å²) in [4.78, 5) is 22.7. The molecule has 4 rings (SSSR count). The van der Waals surface area contributed by atoms with Crippen molar-refractivity contribution in [2.24, 2.45) is 0 Å². The minimum absolute atomic E-state index is 0.281. The quantitative estimate of drug-likeness (QED) is 0.580. The highest BCUT2D eigenvalue weighted by Gasteiger charge is 2.14. The number of aromatic nitrogens is 3. The molecule has 6 heteroatoms. The number of fused-ring (bicyclic) bond motifs is 1. The van der Waals surface area contributed by atoms with Gasteiger partial charge in [0.05, 0.1) is 22.9 Å². The molecular weight excluding hydrogens is 341 g/mol. The van der Waals surface area contributed by atoms with E-state index in [9.17, 15) is 9.18 Å². The maximum Gasteiger partial charge on any atom is 0.266 e. The van der Waals surface area contributed by atoms with Gasteiger partial charge in [0, 0.05) is 22.3 Å². The van der Waals surface area contributed by atoms with Crippen LogP contribution in [0.4, 0.5) is 4.39 Å². The number of aromatic amines is 1. The molecule has 2 aromatic carbocycles. The second-order valence-electron chi connectivity index (χ2n) is 5.50. The Labute approximate surface area is 147 Å². The number of nitrogens with one attached hydrogen (secondary N) is 1. The first-order chi connectivity index (χ1) is 12.1. The Morgan fingerprint density at radius 1 is 1.00 bits per heavy atom. The largest absolute Gasteiger partial charge is 0.319 e. The second kappa shape index (κ2) is 6.11. The molecule has 0 amide bonds. The number of benzene rings is 2. The van der Waals surface area contributed by atoms with E-state index in [2.05, 4.69) is 15.0 Å². The minimum Gasteiger partial charge on any atom is -0.319 e. The number of nitrogens with zero attached hydrogens (tertiary/aromatic N) is 2. The van der Waals surface area contributed by atoms with Gasteiger partial charge < -0.3 is 4.98 Å². The molecule has 4 nitrogen and oxygen atoms in total. The van der Waals surface area contributed by atoms with Crippen LogP contribution in [0.3, 0.4) is 0 Å². The van der Waals surface area contributed by atoms with Crippen molar-refractivity contribution in [2.75, 3.05) is 0 Å². The Balaban J connectivity index is 1.95. The molecule has 0 aliphatic carbocycles. The van der Waals surface area contributed by atoms with Gasteiger partial charge in [-0.25, -0.2) is 9.37 Å². The lowest BCUT2D eigenvalue weighted by molar-refractivity contribution is 0.631. The summed E-state index contributed by atoms with van der Waals surface area (Å²) < 4.78 is 14.3. The van der Waals surface area contributed by atoms with Crippen molar-refractivity contribution >= 4 is 22.6 Å². The summed E-state index contributed by atoms with van der Waals surface area (Å²) in [5, 5.41) is 0.431. The van der Waals surface area contributed by atoms with E-state index in [1.165, 1.54) is 18.3 Å². The summed E-state index contributed by atoms with van der Waals surface area (Å²) in [5.74, 6) is -0.403.